The van der Waals surface area contributed by atoms with Gasteiger partial charge in [-0.15, -0.1) is 5.10 Å². The van der Waals surface area contributed by atoms with Crippen LogP contribution >= 0.6 is 23.4 Å². The summed E-state index contributed by atoms with van der Waals surface area (Å²) in [5, 5.41) is 7.31. The summed E-state index contributed by atoms with van der Waals surface area (Å²) in [6.07, 6.45) is -2.97. The summed E-state index contributed by atoms with van der Waals surface area (Å²) < 4.78 is 38.2. The number of nitrogens with zero attached hydrogens (tertiary/aromatic N) is 5. The van der Waals surface area contributed by atoms with Crippen molar-refractivity contribution in [3.05, 3.63) is 28.7 Å². The van der Waals surface area contributed by atoms with E-state index in [4.69, 9.17) is 11.6 Å². The Bertz CT molecular complexity index is 838. The zero-order chi connectivity index (χ0) is 20.3. The van der Waals surface area contributed by atoms with Crippen molar-refractivity contribution in [2.75, 3.05) is 36.8 Å². The smallest absolute Gasteiger partial charge is 0.352 e. The minimum Gasteiger partial charge on any atom is -0.352 e. The molecule has 0 saturated carbocycles. The second-order valence-corrected chi connectivity index (χ2v) is 7.45. The molecule has 0 atom stereocenters. The lowest BCUT2D eigenvalue weighted by atomic mass is 10.2. The fraction of sp³-hybridized carbons (Fsp3) is 0.500. The largest absolute Gasteiger partial charge is 0.417 e. The van der Waals surface area contributed by atoms with Gasteiger partial charge >= 0.3 is 6.18 Å². The summed E-state index contributed by atoms with van der Waals surface area (Å²) in [4.78, 5) is 24.0. The summed E-state index contributed by atoms with van der Waals surface area (Å²) in [6, 6.07) is 0.874. The highest BCUT2D eigenvalue weighted by Gasteiger charge is 2.32. The van der Waals surface area contributed by atoms with Crippen molar-refractivity contribution in [1.82, 2.24) is 25.1 Å². The van der Waals surface area contributed by atoms with Gasteiger partial charge < -0.3 is 9.80 Å². The predicted molar refractivity (Wildman–Crippen MR) is 99.5 cm³/mol. The van der Waals surface area contributed by atoms with Crippen LogP contribution in [-0.4, -0.2) is 62.9 Å². The van der Waals surface area contributed by atoms with Crippen LogP contribution in [0.2, 0.25) is 5.02 Å². The molecule has 3 rings (SSSR count). The fourth-order valence-corrected chi connectivity index (χ4v) is 3.71. The standard InChI is InChI=1S/C16H18ClF3N6OS/c1-2-12-22-15(24-23-12)28-9-13(27)25-3-5-26(6-4-25)14-11(17)7-10(8-21-14)16(18,19)20/h7-8H,2-6,9H2,1H3,(H,22,23,24). The number of aromatic amines is 1. The number of rotatable bonds is 5. The van der Waals surface area contributed by atoms with Crippen molar-refractivity contribution in [2.45, 2.75) is 24.7 Å². The first kappa shape index (κ1) is 20.7. The van der Waals surface area contributed by atoms with Crippen molar-refractivity contribution in [1.29, 1.82) is 0 Å². The van der Waals surface area contributed by atoms with Gasteiger partial charge in [-0.25, -0.2) is 9.97 Å². The Kier molecular flexibility index (Phi) is 6.33. The average Bonchev–Trinajstić information content (AvgIpc) is 3.13. The molecule has 0 spiro atoms. The lowest BCUT2D eigenvalue weighted by Crippen LogP contribution is -2.49. The second kappa shape index (κ2) is 8.56. The summed E-state index contributed by atoms with van der Waals surface area (Å²) in [6.45, 7) is 3.71. The highest BCUT2D eigenvalue weighted by molar-refractivity contribution is 7.99. The minimum atomic E-state index is -4.49. The Morgan fingerprint density at radius 2 is 2.04 bits per heavy atom. The van der Waals surface area contributed by atoms with Gasteiger partial charge in [0.2, 0.25) is 11.1 Å². The van der Waals surface area contributed by atoms with E-state index in [9.17, 15) is 18.0 Å². The molecule has 3 heterocycles. The molecule has 7 nitrogen and oxygen atoms in total. The van der Waals surface area contributed by atoms with Crippen molar-refractivity contribution in [2.24, 2.45) is 0 Å². The number of nitrogens with one attached hydrogen (secondary N) is 1. The summed E-state index contributed by atoms with van der Waals surface area (Å²) >= 11 is 7.26. The molecule has 1 fully saturated rings. The Labute approximate surface area is 168 Å². The van der Waals surface area contributed by atoms with Crippen LogP contribution in [0, 0.1) is 0 Å². The van der Waals surface area contributed by atoms with Gasteiger partial charge in [0.1, 0.15) is 11.6 Å². The molecule has 2 aromatic rings. The van der Waals surface area contributed by atoms with Crippen LogP contribution in [0.5, 0.6) is 0 Å². The molecule has 12 heteroatoms. The number of hydrogen-bond acceptors (Lipinski definition) is 6. The summed E-state index contributed by atoms with van der Waals surface area (Å²) in [7, 11) is 0. The third-order valence-electron chi connectivity index (χ3n) is 4.25. The lowest BCUT2D eigenvalue weighted by molar-refractivity contribution is -0.137. The zero-order valence-corrected chi connectivity index (χ0v) is 16.5. The fourth-order valence-electron chi connectivity index (χ4n) is 2.70. The van der Waals surface area contributed by atoms with Crippen LogP contribution in [0.3, 0.4) is 0 Å². The van der Waals surface area contributed by atoms with Crippen LogP contribution in [0.1, 0.15) is 18.3 Å². The minimum absolute atomic E-state index is 0.0426. The number of H-pyrrole nitrogens is 1. The van der Waals surface area contributed by atoms with Crippen molar-refractivity contribution in [3.8, 4) is 0 Å². The first-order chi connectivity index (χ1) is 13.3. The SMILES string of the molecule is CCc1nc(SCC(=O)N2CCN(c3ncc(C(F)(F)F)cc3Cl)CC2)n[nH]1. The van der Waals surface area contributed by atoms with E-state index in [1.54, 1.807) is 9.80 Å². The number of carbonyl (C=O) groups excluding carboxylic acids is 1. The van der Waals surface area contributed by atoms with E-state index in [-0.39, 0.29) is 16.7 Å². The Hall–Kier alpha value is -2.01. The lowest BCUT2D eigenvalue weighted by Gasteiger charge is -2.35. The molecule has 28 heavy (non-hydrogen) atoms. The summed E-state index contributed by atoms with van der Waals surface area (Å²) in [5.41, 5.74) is -0.884. The number of carbonyl (C=O) groups is 1. The zero-order valence-electron chi connectivity index (χ0n) is 15.0. The number of piperazine rings is 1. The predicted octanol–water partition coefficient (Wildman–Crippen LogP) is 2.88. The van der Waals surface area contributed by atoms with Crippen LogP contribution in [0.15, 0.2) is 17.4 Å². The normalized spacial score (nSPS) is 15.2. The highest BCUT2D eigenvalue weighted by Crippen LogP contribution is 2.33. The molecule has 1 aliphatic heterocycles. The van der Waals surface area contributed by atoms with Gasteiger partial charge in [0, 0.05) is 38.8 Å². The van der Waals surface area contributed by atoms with E-state index < -0.39 is 11.7 Å². The second-order valence-electron chi connectivity index (χ2n) is 6.10. The molecule has 0 aromatic carbocycles. The molecule has 1 N–H and O–H groups in total. The molecule has 0 aliphatic carbocycles. The van der Waals surface area contributed by atoms with Gasteiger partial charge in [0.25, 0.3) is 0 Å². The molecule has 0 bridgehead atoms. The number of amides is 1. The summed E-state index contributed by atoms with van der Waals surface area (Å²) in [5.74, 6) is 1.24. The number of aromatic nitrogens is 4. The maximum atomic E-state index is 12.7. The third-order valence-corrected chi connectivity index (χ3v) is 5.36. The van der Waals surface area contributed by atoms with Crippen molar-refractivity contribution >= 4 is 35.1 Å². The number of halogens is 4. The van der Waals surface area contributed by atoms with Gasteiger partial charge in [-0.3, -0.25) is 9.89 Å². The van der Waals surface area contributed by atoms with Gasteiger partial charge in [-0.1, -0.05) is 30.3 Å². The van der Waals surface area contributed by atoms with Crippen molar-refractivity contribution in [3.63, 3.8) is 0 Å². The molecule has 1 saturated heterocycles. The number of anilines is 1. The van der Waals surface area contributed by atoms with E-state index in [1.165, 1.54) is 11.8 Å². The van der Waals surface area contributed by atoms with Gasteiger partial charge in [-0.05, 0) is 6.07 Å². The molecule has 1 amide bonds. The maximum absolute atomic E-state index is 12.7. The van der Waals surface area contributed by atoms with E-state index >= 15 is 0 Å². The van der Waals surface area contributed by atoms with Crippen LogP contribution in [0.4, 0.5) is 19.0 Å². The third kappa shape index (κ3) is 4.88. The quantitative estimate of drug-likeness (QED) is 0.729. The average molecular weight is 435 g/mol. The first-order valence-electron chi connectivity index (χ1n) is 8.57. The van der Waals surface area contributed by atoms with Crippen LogP contribution < -0.4 is 4.90 Å². The molecule has 152 valence electrons. The number of aryl methyl sites for hydroxylation is 1. The topological polar surface area (TPSA) is 78.0 Å². The Morgan fingerprint density at radius 3 is 2.61 bits per heavy atom. The molecule has 0 unspecified atom stereocenters. The van der Waals surface area contributed by atoms with E-state index in [1.807, 2.05) is 6.92 Å². The number of thioether (sulfide) groups is 1. The van der Waals surface area contributed by atoms with Gasteiger partial charge in [0.05, 0.1) is 16.3 Å². The first-order valence-corrected chi connectivity index (χ1v) is 9.94. The molecule has 2 aromatic heterocycles. The maximum Gasteiger partial charge on any atom is 0.417 e. The van der Waals surface area contributed by atoms with Crippen molar-refractivity contribution < 1.29 is 18.0 Å². The Balaban J connectivity index is 1.53. The van der Waals surface area contributed by atoms with E-state index in [2.05, 4.69) is 20.2 Å². The number of hydrogen-bond donors (Lipinski definition) is 1. The van der Waals surface area contributed by atoms with Gasteiger partial charge in [-0.2, -0.15) is 13.2 Å². The Morgan fingerprint density at radius 1 is 1.32 bits per heavy atom. The van der Waals surface area contributed by atoms with E-state index in [0.29, 0.717) is 37.2 Å². The van der Waals surface area contributed by atoms with E-state index in [0.717, 1.165) is 24.5 Å². The van der Waals surface area contributed by atoms with Gasteiger partial charge in [0.15, 0.2) is 0 Å². The molecule has 1 aliphatic rings. The molecular formula is C16H18ClF3N6OS. The molecular weight excluding hydrogens is 417 g/mol. The molecule has 0 radical (unpaired) electrons. The highest BCUT2D eigenvalue weighted by atomic mass is 35.5. The number of alkyl halides is 3. The van der Waals surface area contributed by atoms with Crippen LogP contribution in [0.25, 0.3) is 0 Å². The monoisotopic (exact) mass is 434 g/mol. The number of pyridine rings is 1. The van der Waals surface area contributed by atoms with Crippen LogP contribution in [-0.2, 0) is 17.4 Å².